The lowest BCUT2D eigenvalue weighted by molar-refractivity contribution is 0.550. The number of hydrogen-bond acceptors (Lipinski definition) is 3. The maximum atomic E-state index is 11.4. The highest BCUT2D eigenvalue weighted by Gasteiger charge is 2.30. The SMILES string of the molecule is CC1CCN(c2ccc(S(C)(=O)=O)cc2)C1CCl. The van der Waals surface area contributed by atoms with Crippen LogP contribution in [0.5, 0.6) is 0 Å². The van der Waals surface area contributed by atoms with E-state index in [1.54, 1.807) is 12.1 Å². The van der Waals surface area contributed by atoms with Crippen molar-refractivity contribution in [1.29, 1.82) is 0 Å². The van der Waals surface area contributed by atoms with E-state index >= 15 is 0 Å². The average molecular weight is 288 g/mol. The lowest BCUT2D eigenvalue weighted by Gasteiger charge is -2.27. The van der Waals surface area contributed by atoms with Gasteiger partial charge in [-0.3, -0.25) is 0 Å². The molecule has 2 atom stereocenters. The summed E-state index contributed by atoms with van der Waals surface area (Å²) in [5.74, 6) is 1.19. The summed E-state index contributed by atoms with van der Waals surface area (Å²) in [7, 11) is -3.12. The molecule has 5 heteroatoms. The largest absolute Gasteiger partial charge is 0.367 e. The van der Waals surface area contributed by atoms with Gasteiger partial charge in [-0.2, -0.15) is 0 Å². The third kappa shape index (κ3) is 2.64. The molecular weight excluding hydrogens is 270 g/mol. The Hall–Kier alpha value is -0.740. The first kappa shape index (κ1) is 13.7. The number of nitrogens with zero attached hydrogens (tertiary/aromatic N) is 1. The number of benzene rings is 1. The fourth-order valence-corrected chi connectivity index (χ4v) is 3.55. The summed E-state index contributed by atoms with van der Waals surface area (Å²) in [4.78, 5) is 2.63. The van der Waals surface area contributed by atoms with E-state index in [2.05, 4.69) is 11.8 Å². The van der Waals surface area contributed by atoms with E-state index < -0.39 is 9.84 Å². The van der Waals surface area contributed by atoms with Gasteiger partial charge in [-0.15, -0.1) is 11.6 Å². The first-order valence-electron chi connectivity index (χ1n) is 6.06. The van der Waals surface area contributed by atoms with Gasteiger partial charge in [0.25, 0.3) is 0 Å². The molecule has 0 bridgehead atoms. The first-order chi connectivity index (χ1) is 8.43. The fraction of sp³-hybridized carbons (Fsp3) is 0.538. The normalized spacial score (nSPS) is 24.5. The van der Waals surface area contributed by atoms with Gasteiger partial charge in [-0.1, -0.05) is 6.92 Å². The van der Waals surface area contributed by atoms with Crippen LogP contribution in [0.2, 0.25) is 0 Å². The zero-order valence-corrected chi connectivity index (χ0v) is 12.2. The number of hydrogen-bond donors (Lipinski definition) is 0. The third-order valence-electron chi connectivity index (χ3n) is 3.64. The van der Waals surface area contributed by atoms with Crippen LogP contribution in [-0.2, 0) is 9.84 Å². The van der Waals surface area contributed by atoms with Crippen LogP contribution >= 0.6 is 11.6 Å². The van der Waals surface area contributed by atoms with Crippen LogP contribution in [0.25, 0.3) is 0 Å². The van der Waals surface area contributed by atoms with Gasteiger partial charge >= 0.3 is 0 Å². The van der Waals surface area contributed by atoms with Crippen molar-refractivity contribution in [2.75, 3.05) is 23.6 Å². The highest BCUT2D eigenvalue weighted by atomic mass is 35.5. The molecule has 0 radical (unpaired) electrons. The van der Waals surface area contributed by atoms with Crippen molar-refractivity contribution in [3.8, 4) is 0 Å². The molecular formula is C13H18ClNO2S. The summed E-state index contributed by atoms with van der Waals surface area (Å²) in [6, 6.07) is 7.41. The van der Waals surface area contributed by atoms with E-state index in [0.717, 1.165) is 18.7 Å². The monoisotopic (exact) mass is 287 g/mol. The van der Waals surface area contributed by atoms with Crippen molar-refractivity contribution in [3.05, 3.63) is 24.3 Å². The van der Waals surface area contributed by atoms with Gasteiger partial charge in [0, 0.05) is 30.4 Å². The van der Waals surface area contributed by atoms with Gasteiger partial charge in [0.2, 0.25) is 0 Å². The molecule has 1 aromatic carbocycles. The Morgan fingerprint density at radius 2 is 1.94 bits per heavy atom. The molecule has 1 aliphatic heterocycles. The van der Waals surface area contributed by atoms with E-state index in [4.69, 9.17) is 11.6 Å². The van der Waals surface area contributed by atoms with Crippen LogP contribution in [0.1, 0.15) is 13.3 Å². The quantitative estimate of drug-likeness (QED) is 0.802. The Morgan fingerprint density at radius 1 is 1.33 bits per heavy atom. The van der Waals surface area contributed by atoms with Crippen LogP contribution in [0.15, 0.2) is 29.2 Å². The lowest BCUT2D eigenvalue weighted by atomic mass is 10.0. The van der Waals surface area contributed by atoms with E-state index in [-0.39, 0.29) is 0 Å². The Kier molecular flexibility index (Phi) is 3.87. The number of alkyl halides is 1. The van der Waals surface area contributed by atoms with Crippen molar-refractivity contribution in [2.24, 2.45) is 5.92 Å². The molecule has 1 heterocycles. The molecule has 3 nitrogen and oxygen atoms in total. The summed E-state index contributed by atoms with van der Waals surface area (Å²) in [6.45, 7) is 3.19. The molecule has 1 aliphatic rings. The lowest BCUT2D eigenvalue weighted by Crippen LogP contribution is -2.33. The molecule has 0 amide bonds. The number of sulfone groups is 1. The summed E-state index contributed by atoms with van der Waals surface area (Å²) in [5.41, 5.74) is 1.05. The molecule has 2 unspecified atom stereocenters. The number of anilines is 1. The van der Waals surface area contributed by atoms with Gasteiger partial charge in [0.15, 0.2) is 9.84 Å². The third-order valence-corrected chi connectivity index (χ3v) is 5.08. The Bertz CT molecular complexity index is 512. The van der Waals surface area contributed by atoms with Crippen LogP contribution in [0.3, 0.4) is 0 Å². The van der Waals surface area contributed by atoms with Crippen LogP contribution in [0.4, 0.5) is 5.69 Å². The van der Waals surface area contributed by atoms with Crippen LogP contribution < -0.4 is 4.90 Å². The van der Waals surface area contributed by atoms with Gasteiger partial charge in [0.1, 0.15) is 0 Å². The zero-order chi connectivity index (χ0) is 13.3. The second-order valence-electron chi connectivity index (χ2n) is 4.95. The molecule has 0 spiro atoms. The van der Waals surface area contributed by atoms with Crippen molar-refractivity contribution in [3.63, 3.8) is 0 Å². The maximum Gasteiger partial charge on any atom is 0.175 e. The van der Waals surface area contributed by atoms with E-state index in [9.17, 15) is 8.42 Å². The molecule has 1 aromatic rings. The standard InChI is InChI=1S/C13H18ClNO2S/c1-10-7-8-15(13(10)9-14)11-3-5-12(6-4-11)18(2,16)17/h3-6,10,13H,7-9H2,1-2H3. The summed E-state index contributed by atoms with van der Waals surface area (Å²) in [5, 5.41) is 0. The minimum atomic E-state index is -3.12. The zero-order valence-electron chi connectivity index (χ0n) is 10.6. The Morgan fingerprint density at radius 3 is 2.44 bits per heavy atom. The minimum Gasteiger partial charge on any atom is -0.367 e. The van der Waals surface area contributed by atoms with Crippen molar-refractivity contribution >= 4 is 27.1 Å². The second kappa shape index (κ2) is 5.10. The predicted octanol–water partition coefficient (Wildman–Crippen LogP) is 2.54. The molecule has 1 fully saturated rings. The number of halogens is 1. The molecule has 18 heavy (non-hydrogen) atoms. The van der Waals surface area contributed by atoms with Crippen molar-refractivity contribution in [1.82, 2.24) is 0 Å². The number of rotatable bonds is 3. The predicted molar refractivity (Wildman–Crippen MR) is 75.2 cm³/mol. The van der Waals surface area contributed by atoms with Crippen LogP contribution in [0, 0.1) is 5.92 Å². The highest BCUT2D eigenvalue weighted by molar-refractivity contribution is 7.90. The molecule has 0 N–H and O–H groups in total. The summed E-state index contributed by atoms with van der Waals surface area (Å²) in [6.07, 6.45) is 2.35. The maximum absolute atomic E-state index is 11.4. The molecule has 0 aliphatic carbocycles. The molecule has 0 saturated carbocycles. The topological polar surface area (TPSA) is 37.4 Å². The second-order valence-corrected chi connectivity index (χ2v) is 7.27. The van der Waals surface area contributed by atoms with Crippen molar-refractivity contribution < 1.29 is 8.42 Å². The summed E-state index contributed by atoms with van der Waals surface area (Å²) < 4.78 is 22.8. The molecule has 2 rings (SSSR count). The molecule has 0 aromatic heterocycles. The van der Waals surface area contributed by atoms with E-state index in [1.165, 1.54) is 6.26 Å². The first-order valence-corrected chi connectivity index (χ1v) is 8.49. The molecule has 1 saturated heterocycles. The van der Waals surface area contributed by atoms with Gasteiger partial charge in [-0.25, -0.2) is 8.42 Å². The smallest absolute Gasteiger partial charge is 0.175 e. The van der Waals surface area contributed by atoms with E-state index in [1.807, 2.05) is 12.1 Å². The van der Waals surface area contributed by atoms with Gasteiger partial charge < -0.3 is 4.90 Å². The van der Waals surface area contributed by atoms with Crippen LogP contribution in [-0.4, -0.2) is 33.1 Å². The Balaban J connectivity index is 2.25. The van der Waals surface area contributed by atoms with E-state index in [0.29, 0.717) is 22.7 Å². The fourth-order valence-electron chi connectivity index (χ4n) is 2.45. The highest BCUT2D eigenvalue weighted by Crippen LogP contribution is 2.30. The Labute approximate surface area is 114 Å². The summed E-state index contributed by atoms with van der Waals surface area (Å²) >= 11 is 6.01. The molecule has 100 valence electrons. The van der Waals surface area contributed by atoms with Gasteiger partial charge in [-0.05, 0) is 36.6 Å². The average Bonchev–Trinajstić information content (AvgIpc) is 2.69. The van der Waals surface area contributed by atoms with Gasteiger partial charge in [0.05, 0.1) is 4.90 Å². The van der Waals surface area contributed by atoms with Crippen molar-refractivity contribution in [2.45, 2.75) is 24.3 Å². The minimum absolute atomic E-state index is 0.343.